The fourth-order valence-electron chi connectivity index (χ4n) is 1.64. The molecule has 2 rings (SSSR count). The topological polar surface area (TPSA) is 56.7 Å². The number of phenolic OH excluding ortho intramolecular Hbond substituents is 1. The van der Waals surface area contributed by atoms with E-state index in [2.05, 4.69) is 15.8 Å². The van der Waals surface area contributed by atoms with Crippen LogP contribution in [0.4, 0.5) is 5.69 Å². The maximum atomic E-state index is 9.79. The number of hydrazone groups is 1. The second kappa shape index (κ2) is 7.45. The Morgan fingerprint density at radius 1 is 1.23 bits per heavy atom. The number of aromatic hydroxyl groups is 1. The van der Waals surface area contributed by atoms with Crippen LogP contribution >= 0.6 is 35.4 Å². The first kappa shape index (κ1) is 16.5. The minimum atomic E-state index is -0.0889. The molecule has 0 bridgehead atoms. The first-order valence-electron chi connectivity index (χ1n) is 6.30. The van der Waals surface area contributed by atoms with Crippen LogP contribution in [0.25, 0.3) is 0 Å². The van der Waals surface area contributed by atoms with E-state index in [-0.39, 0.29) is 10.8 Å². The monoisotopic (exact) mass is 353 g/mol. The summed E-state index contributed by atoms with van der Waals surface area (Å²) in [5.41, 5.74) is 5.06. The molecule has 2 aromatic carbocycles. The molecule has 0 aromatic heterocycles. The molecule has 0 aliphatic heterocycles. The van der Waals surface area contributed by atoms with Crippen molar-refractivity contribution in [3.63, 3.8) is 0 Å². The van der Waals surface area contributed by atoms with Crippen LogP contribution in [0.3, 0.4) is 0 Å². The van der Waals surface area contributed by atoms with Crippen molar-refractivity contribution in [1.29, 1.82) is 0 Å². The highest BCUT2D eigenvalue weighted by Crippen LogP contribution is 2.29. The number of phenols is 1. The molecule has 2 aromatic rings. The molecule has 0 atom stereocenters. The molecule has 0 aliphatic carbocycles. The quantitative estimate of drug-likeness (QED) is 0.436. The molecule has 0 spiro atoms. The molecule has 7 heteroatoms. The summed E-state index contributed by atoms with van der Waals surface area (Å²) in [7, 11) is 0. The fraction of sp³-hybridized carbons (Fsp3) is 0.0667. The van der Waals surface area contributed by atoms with Gasteiger partial charge >= 0.3 is 0 Å². The van der Waals surface area contributed by atoms with E-state index in [9.17, 15) is 5.11 Å². The highest BCUT2D eigenvalue weighted by atomic mass is 35.5. The summed E-state index contributed by atoms with van der Waals surface area (Å²) in [6, 6.07) is 10.8. The van der Waals surface area contributed by atoms with Crippen molar-refractivity contribution < 1.29 is 5.11 Å². The van der Waals surface area contributed by atoms with Crippen LogP contribution in [-0.2, 0) is 0 Å². The Kier molecular flexibility index (Phi) is 5.60. The Bertz CT molecular complexity index is 717. The Morgan fingerprint density at radius 3 is 2.59 bits per heavy atom. The van der Waals surface area contributed by atoms with Gasteiger partial charge in [-0.1, -0.05) is 40.9 Å². The summed E-state index contributed by atoms with van der Waals surface area (Å²) in [6.45, 7) is 2.01. The minimum Gasteiger partial charge on any atom is -0.506 e. The molecule has 0 saturated carbocycles. The molecule has 3 N–H and O–H groups in total. The van der Waals surface area contributed by atoms with Gasteiger partial charge in [0.2, 0.25) is 0 Å². The number of rotatable bonds is 3. The average molecular weight is 354 g/mol. The summed E-state index contributed by atoms with van der Waals surface area (Å²) < 4.78 is 0. The summed E-state index contributed by atoms with van der Waals surface area (Å²) in [5, 5.41) is 17.6. The molecular weight excluding hydrogens is 341 g/mol. The molecule has 0 radical (unpaired) electrons. The highest BCUT2D eigenvalue weighted by Gasteiger charge is 2.05. The number of hydrogen-bond acceptors (Lipinski definition) is 3. The Morgan fingerprint density at radius 2 is 1.91 bits per heavy atom. The zero-order valence-electron chi connectivity index (χ0n) is 11.6. The zero-order valence-corrected chi connectivity index (χ0v) is 13.9. The van der Waals surface area contributed by atoms with Crippen LogP contribution in [0.2, 0.25) is 10.0 Å². The molecule has 4 nitrogen and oxygen atoms in total. The molecule has 0 amide bonds. The lowest BCUT2D eigenvalue weighted by atomic mass is 10.2. The number of anilines is 1. The van der Waals surface area contributed by atoms with Gasteiger partial charge in [-0.25, -0.2) is 0 Å². The summed E-state index contributed by atoms with van der Waals surface area (Å²) in [5.74, 6) is -0.0889. The second-order valence-corrected chi connectivity index (χ2v) is 5.77. The highest BCUT2D eigenvalue weighted by molar-refractivity contribution is 7.80. The third-order valence-electron chi connectivity index (χ3n) is 2.74. The number of nitrogens with one attached hydrogen (secondary N) is 2. The number of halogens is 2. The normalized spacial score (nSPS) is 10.7. The van der Waals surface area contributed by atoms with Crippen LogP contribution < -0.4 is 10.7 Å². The van der Waals surface area contributed by atoms with E-state index >= 15 is 0 Å². The lowest BCUT2D eigenvalue weighted by Crippen LogP contribution is -2.23. The maximum absolute atomic E-state index is 9.79. The summed E-state index contributed by atoms with van der Waals surface area (Å²) in [6.07, 6.45) is 1.39. The van der Waals surface area contributed by atoms with Crippen LogP contribution in [0.1, 0.15) is 11.1 Å². The number of thiocarbonyl (C=S) groups is 1. The number of benzene rings is 2. The van der Waals surface area contributed by atoms with E-state index in [1.54, 1.807) is 6.07 Å². The van der Waals surface area contributed by atoms with E-state index in [4.69, 9.17) is 35.4 Å². The van der Waals surface area contributed by atoms with E-state index in [1.807, 2.05) is 31.2 Å². The first-order chi connectivity index (χ1) is 10.5. The van der Waals surface area contributed by atoms with Gasteiger partial charge in [0.25, 0.3) is 0 Å². The van der Waals surface area contributed by atoms with Crippen molar-refractivity contribution in [2.24, 2.45) is 5.10 Å². The van der Waals surface area contributed by atoms with E-state index < -0.39 is 0 Å². The molecule has 114 valence electrons. The van der Waals surface area contributed by atoms with Gasteiger partial charge in [0, 0.05) is 16.3 Å². The average Bonchev–Trinajstić information content (AvgIpc) is 2.46. The largest absolute Gasteiger partial charge is 0.506 e. The fourth-order valence-corrected chi connectivity index (χ4v) is 2.32. The van der Waals surface area contributed by atoms with Gasteiger partial charge in [0.1, 0.15) is 5.75 Å². The Balaban J connectivity index is 1.97. The minimum absolute atomic E-state index is 0.0889. The SMILES string of the molecule is Cc1ccc(NC(=S)N/N=C\c2cc(Cl)cc(Cl)c2O)cc1. The molecule has 0 heterocycles. The number of nitrogens with zero attached hydrogens (tertiary/aromatic N) is 1. The Hall–Kier alpha value is -1.82. The third kappa shape index (κ3) is 4.59. The molecule has 0 saturated heterocycles. The molecular formula is C15H13Cl2N3OS. The van der Waals surface area contributed by atoms with Gasteiger partial charge in [-0.15, -0.1) is 0 Å². The van der Waals surface area contributed by atoms with E-state index in [0.717, 1.165) is 11.3 Å². The van der Waals surface area contributed by atoms with Crippen molar-refractivity contribution in [3.8, 4) is 5.75 Å². The second-order valence-electron chi connectivity index (χ2n) is 4.52. The van der Waals surface area contributed by atoms with Gasteiger partial charge in [-0.2, -0.15) is 5.10 Å². The van der Waals surface area contributed by atoms with Gasteiger partial charge in [-0.05, 0) is 43.4 Å². The lowest BCUT2D eigenvalue weighted by molar-refractivity contribution is 0.474. The molecule has 0 unspecified atom stereocenters. The number of hydrogen-bond donors (Lipinski definition) is 3. The Labute approximate surface area is 143 Å². The lowest BCUT2D eigenvalue weighted by Gasteiger charge is -2.07. The smallest absolute Gasteiger partial charge is 0.191 e. The van der Waals surface area contributed by atoms with Gasteiger partial charge in [0.15, 0.2) is 5.11 Å². The predicted molar refractivity (Wildman–Crippen MR) is 96.3 cm³/mol. The van der Waals surface area contributed by atoms with Crippen LogP contribution in [0.5, 0.6) is 5.75 Å². The van der Waals surface area contributed by atoms with Crippen molar-refractivity contribution in [2.45, 2.75) is 6.92 Å². The van der Waals surface area contributed by atoms with Crippen molar-refractivity contribution in [3.05, 3.63) is 57.6 Å². The first-order valence-corrected chi connectivity index (χ1v) is 7.47. The van der Waals surface area contributed by atoms with Gasteiger partial charge in [0.05, 0.1) is 11.2 Å². The molecule has 22 heavy (non-hydrogen) atoms. The van der Waals surface area contributed by atoms with Crippen molar-refractivity contribution in [1.82, 2.24) is 5.43 Å². The van der Waals surface area contributed by atoms with E-state index in [1.165, 1.54) is 12.3 Å². The van der Waals surface area contributed by atoms with Crippen molar-refractivity contribution >= 4 is 52.4 Å². The standard InChI is InChI=1S/C15H13Cl2N3OS/c1-9-2-4-12(5-3-9)19-15(22)20-18-8-10-6-11(16)7-13(17)14(10)21/h2-8,21H,1H3,(H2,19,20,22)/b18-8-. The number of aryl methyl sites for hydroxylation is 1. The third-order valence-corrected chi connectivity index (χ3v) is 3.44. The van der Waals surface area contributed by atoms with E-state index in [0.29, 0.717) is 15.7 Å². The van der Waals surface area contributed by atoms with Crippen LogP contribution in [-0.4, -0.2) is 16.4 Å². The van der Waals surface area contributed by atoms with Gasteiger partial charge < -0.3 is 10.4 Å². The van der Waals surface area contributed by atoms with Crippen molar-refractivity contribution in [2.75, 3.05) is 5.32 Å². The molecule has 0 fully saturated rings. The zero-order chi connectivity index (χ0) is 16.1. The van der Waals surface area contributed by atoms with Crippen LogP contribution in [0.15, 0.2) is 41.5 Å². The van der Waals surface area contributed by atoms with Gasteiger partial charge in [-0.3, -0.25) is 5.43 Å². The van der Waals surface area contributed by atoms with Crippen LogP contribution in [0, 0.1) is 6.92 Å². The molecule has 0 aliphatic rings. The summed E-state index contributed by atoms with van der Waals surface area (Å²) in [4.78, 5) is 0. The maximum Gasteiger partial charge on any atom is 0.191 e. The predicted octanol–water partition coefficient (Wildman–Crippen LogP) is 4.33. The summed E-state index contributed by atoms with van der Waals surface area (Å²) >= 11 is 16.8.